The minimum atomic E-state index is 0. The molecule has 2 N–H and O–H groups in total. The number of rotatable bonds is 1. The lowest BCUT2D eigenvalue weighted by atomic mass is 10.3. The summed E-state index contributed by atoms with van der Waals surface area (Å²) < 4.78 is 1.98. The van der Waals surface area contributed by atoms with Crippen LogP contribution in [-0.2, 0) is 6.54 Å². The lowest BCUT2D eigenvalue weighted by molar-refractivity contribution is 1.02. The van der Waals surface area contributed by atoms with Gasteiger partial charge in [0.05, 0.1) is 5.69 Å². The van der Waals surface area contributed by atoms with Gasteiger partial charge in [-0.05, 0) is 24.6 Å². The third-order valence-electron chi connectivity index (χ3n) is 1.87. The first kappa shape index (κ1) is 13.2. The van der Waals surface area contributed by atoms with Crippen molar-refractivity contribution < 1.29 is 0 Å². The van der Waals surface area contributed by atoms with Crippen LogP contribution in [-0.4, -0.2) is 9.38 Å². The van der Waals surface area contributed by atoms with Crippen LogP contribution in [0.1, 0.15) is 11.3 Å². The van der Waals surface area contributed by atoms with Crippen molar-refractivity contribution in [2.75, 3.05) is 0 Å². The maximum absolute atomic E-state index is 5.48. The number of hydrogen-bond acceptors (Lipinski definition) is 2. The summed E-state index contributed by atoms with van der Waals surface area (Å²) in [6.07, 6.45) is 3.95. The number of pyridine rings is 1. The summed E-state index contributed by atoms with van der Waals surface area (Å²) in [5, 5.41) is 0. The van der Waals surface area contributed by atoms with Gasteiger partial charge >= 0.3 is 0 Å². The lowest BCUT2D eigenvalue weighted by Crippen LogP contribution is -1.95. The van der Waals surface area contributed by atoms with Crippen LogP contribution in [0, 0.1) is 6.92 Å². The monoisotopic (exact) mass is 233 g/mol. The molecule has 14 heavy (non-hydrogen) atoms. The molecule has 0 bridgehead atoms. The highest BCUT2D eigenvalue weighted by Crippen LogP contribution is 2.06. The van der Waals surface area contributed by atoms with Crippen LogP contribution in [0.25, 0.3) is 5.65 Å². The van der Waals surface area contributed by atoms with E-state index in [1.165, 1.54) is 5.56 Å². The highest BCUT2D eigenvalue weighted by Gasteiger charge is 1.98. The lowest BCUT2D eigenvalue weighted by Gasteiger charge is -1.92. The average molecular weight is 234 g/mol. The number of aromatic nitrogens is 2. The minimum Gasteiger partial charge on any atom is -0.325 e. The average Bonchev–Trinajstić information content (AvgIpc) is 2.46. The highest BCUT2D eigenvalue weighted by atomic mass is 35.5. The standard InChI is InChI=1S/C9H11N3.2ClH/c1-7-2-3-12-6-8(5-10)11-9(12)4-7;;/h2-4,6H,5,10H2,1H3;2*1H. The molecular weight excluding hydrogens is 221 g/mol. The molecule has 2 aromatic rings. The normalized spacial score (nSPS) is 9.29. The molecule has 0 unspecified atom stereocenters. The van der Waals surface area contributed by atoms with Crippen LogP contribution in [0.15, 0.2) is 24.5 Å². The van der Waals surface area contributed by atoms with Gasteiger partial charge in [-0.2, -0.15) is 0 Å². The largest absolute Gasteiger partial charge is 0.325 e. The van der Waals surface area contributed by atoms with E-state index in [4.69, 9.17) is 5.73 Å². The van der Waals surface area contributed by atoms with Crippen molar-refractivity contribution in [2.45, 2.75) is 13.5 Å². The topological polar surface area (TPSA) is 43.3 Å². The van der Waals surface area contributed by atoms with Crippen LogP contribution in [0.2, 0.25) is 0 Å². The summed E-state index contributed by atoms with van der Waals surface area (Å²) >= 11 is 0. The van der Waals surface area contributed by atoms with Crippen LogP contribution < -0.4 is 5.73 Å². The van der Waals surface area contributed by atoms with E-state index in [9.17, 15) is 0 Å². The van der Waals surface area contributed by atoms with Crippen molar-refractivity contribution in [1.82, 2.24) is 9.38 Å². The van der Waals surface area contributed by atoms with Crippen LogP contribution in [0.3, 0.4) is 0 Å². The Morgan fingerprint density at radius 2 is 2.14 bits per heavy atom. The summed E-state index contributed by atoms with van der Waals surface area (Å²) in [6, 6.07) is 4.09. The molecule has 0 radical (unpaired) electrons. The molecule has 2 heterocycles. The van der Waals surface area contributed by atoms with Crippen molar-refractivity contribution in [1.29, 1.82) is 0 Å². The second-order valence-corrected chi connectivity index (χ2v) is 2.91. The van der Waals surface area contributed by atoms with Gasteiger partial charge in [0.15, 0.2) is 0 Å². The van der Waals surface area contributed by atoms with Crippen molar-refractivity contribution in [3.05, 3.63) is 35.8 Å². The van der Waals surface area contributed by atoms with Gasteiger partial charge < -0.3 is 10.1 Å². The first-order valence-electron chi connectivity index (χ1n) is 3.94. The second-order valence-electron chi connectivity index (χ2n) is 2.91. The van der Waals surface area contributed by atoms with Gasteiger partial charge in [-0.15, -0.1) is 24.8 Å². The van der Waals surface area contributed by atoms with E-state index in [-0.39, 0.29) is 24.8 Å². The van der Waals surface area contributed by atoms with Gasteiger partial charge in [0.25, 0.3) is 0 Å². The Hall–Kier alpha value is -0.770. The maximum Gasteiger partial charge on any atom is 0.137 e. The maximum atomic E-state index is 5.48. The second kappa shape index (κ2) is 5.20. The van der Waals surface area contributed by atoms with Gasteiger partial charge in [-0.3, -0.25) is 0 Å². The zero-order valence-corrected chi connectivity index (χ0v) is 9.44. The quantitative estimate of drug-likeness (QED) is 0.819. The summed E-state index contributed by atoms with van der Waals surface area (Å²) in [5.74, 6) is 0. The van der Waals surface area contributed by atoms with E-state index in [1.54, 1.807) is 0 Å². The Bertz CT molecular complexity index is 411. The van der Waals surface area contributed by atoms with Crippen LogP contribution in [0.4, 0.5) is 0 Å². The van der Waals surface area contributed by atoms with Gasteiger partial charge in [0.1, 0.15) is 5.65 Å². The first-order chi connectivity index (χ1) is 5.79. The Balaban J connectivity index is 0.000000845. The SMILES string of the molecule is Cc1ccn2cc(CN)nc2c1.Cl.Cl. The number of aryl methyl sites for hydroxylation is 1. The predicted molar refractivity (Wildman–Crippen MR) is 62.3 cm³/mol. The molecule has 0 aromatic carbocycles. The van der Waals surface area contributed by atoms with E-state index in [0.717, 1.165) is 11.3 Å². The zero-order chi connectivity index (χ0) is 8.55. The fourth-order valence-corrected chi connectivity index (χ4v) is 1.23. The van der Waals surface area contributed by atoms with Gasteiger partial charge in [-0.25, -0.2) is 4.98 Å². The smallest absolute Gasteiger partial charge is 0.137 e. The van der Waals surface area contributed by atoms with E-state index in [2.05, 4.69) is 18.0 Å². The molecule has 78 valence electrons. The molecule has 0 saturated carbocycles. The molecule has 2 aromatic heterocycles. The third kappa shape index (κ3) is 2.38. The summed E-state index contributed by atoms with van der Waals surface area (Å²) in [6.45, 7) is 2.55. The molecule has 0 aliphatic heterocycles. The van der Waals surface area contributed by atoms with E-state index in [1.807, 2.05) is 22.9 Å². The van der Waals surface area contributed by atoms with Gasteiger partial charge in [0.2, 0.25) is 0 Å². The molecule has 0 amide bonds. The van der Waals surface area contributed by atoms with Crippen LogP contribution in [0.5, 0.6) is 0 Å². The Kier molecular flexibility index (Phi) is 4.91. The van der Waals surface area contributed by atoms with Crippen molar-refractivity contribution in [2.24, 2.45) is 5.73 Å². The fourth-order valence-electron chi connectivity index (χ4n) is 1.23. The molecule has 2 rings (SSSR count). The number of halogens is 2. The molecule has 0 saturated heterocycles. The first-order valence-corrected chi connectivity index (χ1v) is 3.94. The number of fused-ring (bicyclic) bond motifs is 1. The summed E-state index contributed by atoms with van der Waals surface area (Å²) in [7, 11) is 0. The Morgan fingerprint density at radius 3 is 2.79 bits per heavy atom. The number of imidazole rings is 1. The van der Waals surface area contributed by atoms with Crippen molar-refractivity contribution in [3.63, 3.8) is 0 Å². The van der Waals surface area contributed by atoms with Crippen LogP contribution >= 0.6 is 24.8 Å². The highest BCUT2D eigenvalue weighted by molar-refractivity contribution is 5.85. The molecule has 0 atom stereocenters. The predicted octanol–water partition coefficient (Wildman–Crippen LogP) is 1.95. The number of nitrogens with two attached hydrogens (primary N) is 1. The molecule has 3 nitrogen and oxygen atoms in total. The Morgan fingerprint density at radius 1 is 1.43 bits per heavy atom. The number of nitrogens with zero attached hydrogens (tertiary/aromatic N) is 2. The van der Waals surface area contributed by atoms with Crippen molar-refractivity contribution in [3.8, 4) is 0 Å². The molecule has 0 fully saturated rings. The molecular formula is C9H13Cl2N3. The van der Waals surface area contributed by atoms with Gasteiger partial charge in [-0.1, -0.05) is 0 Å². The summed E-state index contributed by atoms with van der Waals surface area (Å²) in [4.78, 5) is 4.33. The summed E-state index contributed by atoms with van der Waals surface area (Å²) in [5.41, 5.74) is 8.59. The van der Waals surface area contributed by atoms with E-state index >= 15 is 0 Å². The van der Waals surface area contributed by atoms with Crippen molar-refractivity contribution >= 4 is 30.5 Å². The Labute approximate surface area is 95.1 Å². The molecule has 0 spiro atoms. The molecule has 0 aliphatic carbocycles. The third-order valence-corrected chi connectivity index (χ3v) is 1.87. The number of hydrogen-bond donors (Lipinski definition) is 1. The zero-order valence-electron chi connectivity index (χ0n) is 7.80. The van der Waals surface area contributed by atoms with Gasteiger partial charge in [0, 0.05) is 18.9 Å². The fraction of sp³-hybridized carbons (Fsp3) is 0.222. The van der Waals surface area contributed by atoms with E-state index in [0.29, 0.717) is 6.54 Å². The minimum absolute atomic E-state index is 0. The molecule has 0 aliphatic rings. The molecule has 5 heteroatoms. The van der Waals surface area contributed by atoms with E-state index < -0.39 is 0 Å².